The van der Waals surface area contributed by atoms with E-state index < -0.39 is 0 Å². The Hall–Kier alpha value is -2.44. The lowest BCUT2D eigenvalue weighted by atomic mass is 10.3. The second-order valence-electron chi connectivity index (χ2n) is 3.85. The maximum atomic E-state index is 11.6. The zero-order chi connectivity index (χ0) is 13.0. The van der Waals surface area contributed by atoms with Crippen molar-refractivity contribution in [3.05, 3.63) is 35.9 Å². The highest BCUT2D eigenvalue weighted by Crippen LogP contribution is 1.97. The maximum Gasteiger partial charge on any atom is 0.242 e. The molecule has 0 radical (unpaired) electrons. The molecule has 2 aromatic rings. The summed E-state index contributed by atoms with van der Waals surface area (Å²) < 4.78 is 1.38. The van der Waals surface area contributed by atoms with E-state index in [0.717, 1.165) is 11.4 Å². The number of pyridine rings is 1. The fourth-order valence-corrected chi connectivity index (χ4v) is 1.48. The molecule has 0 fully saturated rings. The van der Waals surface area contributed by atoms with Gasteiger partial charge in [0.05, 0.1) is 12.2 Å². The van der Waals surface area contributed by atoms with Crippen LogP contribution in [0.3, 0.4) is 0 Å². The highest BCUT2D eigenvalue weighted by Gasteiger charge is 2.04. The Kier molecular flexibility index (Phi) is 3.52. The number of carbonyl (C=O) groups excluding carboxylic acids is 1. The minimum absolute atomic E-state index is 0.0933. The number of hydrogen-bond acceptors (Lipinski definition) is 5. The number of aromatic nitrogens is 4. The molecule has 94 valence electrons. The molecular weight excluding hydrogens is 232 g/mol. The van der Waals surface area contributed by atoms with Gasteiger partial charge in [0, 0.05) is 5.69 Å². The summed E-state index contributed by atoms with van der Waals surface area (Å²) in [6.45, 7) is 2.39. The monoisotopic (exact) mass is 246 g/mol. The van der Waals surface area contributed by atoms with Crippen molar-refractivity contribution in [1.82, 2.24) is 25.1 Å². The molecule has 0 aliphatic rings. The summed E-state index contributed by atoms with van der Waals surface area (Å²) in [6, 6.07) is 5.67. The molecule has 0 unspecified atom stereocenters. The van der Waals surface area contributed by atoms with Crippen molar-refractivity contribution in [3.63, 3.8) is 0 Å². The first kappa shape index (κ1) is 12.0. The van der Waals surface area contributed by atoms with Gasteiger partial charge in [-0.3, -0.25) is 9.78 Å². The number of aryl methyl sites for hydroxylation is 1. The Morgan fingerprint density at radius 1 is 1.50 bits per heavy atom. The molecule has 0 atom stereocenters. The Morgan fingerprint density at radius 3 is 3.00 bits per heavy atom. The lowest BCUT2D eigenvalue weighted by Crippen LogP contribution is -2.27. The molecule has 0 spiro atoms. The number of nitrogens with zero attached hydrogens (tertiary/aromatic N) is 4. The van der Waals surface area contributed by atoms with Crippen molar-refractivity contribution in [3.8, 4) is 0 Å². The van der Waals surface area contributed by atoms with Crippen molar-refractivity contribution in [2.45, 2.75) is 20.0 Å². The van der Waals surface area contributed by atoms with Crippen LogP contribution in [0.5, 0.6) is 0 Å². The zero-order valence-corrected chi connectivity index (χ0v) is 10.00. The number of nitrogens with two attached hydrogens (primary N) is 1. The van der Waals surface area contributed by atoms with Crippen LogP contribution in [-0.4, -0.2) is 25.7 Å². The lowest BCUT2D eigenvalue weighted by Gasteiger charge is -2.05. The largest absolute Gasteiger partial charge is 0.367 e. The predicted molar refractivity (Wildman–Crippen MR) is 65.3 cm³/mol. The number of anilines is 1. The molecule has 18 heavy (non-hydrogen) atoms. The summed E-state index contributed by atoms with van der Waals surface area (Å²) >= 11 is 0. The summed E-state index contributed by atoms with van der Waals surface area (Å²) in [4.78, 5) is 19.6. The molecule has 0 saturated carbocycles. The van der Waals surface area contributed by atoms with Crippen LogP contribution in [-0.2, 0) is 17.9 Å². The summed E-state index contributed by atoms with van der Waals surface area (Å²) in [5, 5.41) is 6.58. The third-order valence-electron chi connectivity index (χ3n) is 2.27. The van der Waals surface area contributed by atoms with Crippen molar-refractivity contribution < 1.29 is 4.79 Å². The van der Waals surface area contributed by atoms with Crippen LogP contribution in [0.25, 0.3) is 0 Å². The standard InChI is InChI=1S/C11H14N6O/c1-8-3-2-4-9(15-8)5-13-10(18)6-17-7-14-11(12)16-17/h2-4,7H,5-6H2,1H3,(H2,12,16)(H,13,18). The molecule has 7 heteroatoms. The topological polar surface area (TPSA) is 98.7 Å². The van der Waals surface area contributed by atoms with Crippen molar-refractivity contribution in [2.75, 3.05) is 5.73 Å². The number of nitrogen functional groups attached to an aromatic ring is 1. The average molecular weight is 246 g/mol. The third-order valence-corrected chi connectivity index (χ3v) is 2.27. The second-order valence-corrected chi connectivity index (χ2v) is 3.85. The minimum Gasteiger partial charge on any atom is -0.367 e. The van der Waals surface area contributed by atoms with Gasteiger partial charge < -0.3 is 11.1 Å². The van der Waals surface area contributed by atoms with E-state index in [2.05, 4.69) is 20.4 Å². The summed E-state index contributed by atoms with van der Waals surface area (Å²) in [5.41, 5.74) is 7.09. The highest BCUT2D eigenvalue weighted by molar-refractivity contribution is 5.75. The van der Waals surface area contributed by atoms with Crippen LogP contribution >= 0.6 is 0 Å². The summed E-state index contributed by atoms with van der Waals surface area (Å²) in [5.74, 6) is -0.00800. The van der Waals surface area contributed by atoms with E-state index in [1.165, 1.54) is 11.0 Å². The highest BCUT2D eigenvalue weighted by atomic mass is 16.2. The summed E-state index contributed by atoms with van der Waals surface area (Å²) in [6.07, 6.45) is 1.42. The van der Waals surface area contributed by atoms with E-state index in [1.807, 2.05) is 25.1 Å². The Balaban J connectivity index is 1.85. The van der Waals surface area contributed by atoms with E-state index >= 15 is 0 Å². The van der Waals surface area contributed by atoms with Crippen LogP contribution in [0.15, 0.2) is 24.5 Å². The van der Waals surface area contributed by atoms with Crippen LogP contribution in [0.4, 0.5) is 5.95 Å². The van der Waals surface area contributed by atoms with E-state index in [4.69, 9.17) is 5.73 Å². The summed E-state index contributed by atoms with van der Waals surface area (Å²) in [7, 11) is 0. The lowest BCUT2D eigenvalue weighted by molar-refractivity contribution is -0.122. The van der Waals surface area contributed by atoms with Gasteiger partial charge in [0.15, 0.2) is 0 Å². The van der Waals surface area contributed by atoms with Crippen molar-refractivity contribution >= 4 is 11.9 Å². The molecule has 0 aliphatic heterocycles. The first-order chi connectivity index (χ1) is 8.63. The Bertz CT molecular complexity index is 550. The molecule has 2 aromatic heterocycles. The van der Waals surface area contributed by atoms with Gasteiger partial charge in [0.2, 0.25) is 11.9 Å². The quantitative estimate of drug-likeness (QED) is 0.783. The van der Waals surface area contributed by atoms with Gasteiger partial charge >= 0.3 is 0 Å². The second kappa shape index (κ2) is 5.26. The van der Waals surface area contributed by atoms with E-state index in [-0.39, 0.29) is 18.4 Å². The van der Waals surface area contributed by atoms with Gasteiger partial charge in [-0.15, -0.1) is 5.10 Å². The SMILES string of the molecule is Cc1cccc(CNC(=O)Cn2cnc(N)n2)n1. The molecule has 0 aliphatic carbocycles. The van der Waals surface area contributed by atoms with Crippen molar-refractivity contribution in [2.24, 2.45) is 0 Å². The van der Waals surface area contributed by atoms with Gasteiger partial charge in [-0.05, 0) is 19.1 Å². The smallest absolute Gasteiger partial charge is 0.242 e. The molecule has 1 amide bonds. The van der Waals surface area contributed by atoms with Crippen molar-refractivity contribution in [1.29, 1.82) is 0 Å². The molecule has 2 rings (SSSR count). The van der Waals surface area contributed by atoms with Gasteiger partial charge in [-0.1, -0.05) is 6.07 Å². The van der Waals surface area contributed by atoms with E-state index in [9.17, 15) is 4.79 Å². The predicted octanol–water partition coefficient (Wildman–Crippen LogP) is -0.120. The first-order valence-corrected chi connectivity index (χ1v) is 5.47. The first-order valence-electron chi connectivity index (χ1n) is 5.47. The maximum absolute atomic E-state index is 11.6. The number of nitrogens with one attached hydrogen (secondary N) is 1. The van der Waals surface area contributed by atoms with Crippen LogP contribution in [0.2, 0.25) is 0 Å². The van der Waals surface area contributed by atoms with Crippen LogP contribution < -0.4 is 11.1 Å². The van der Waals surface area contributed by atoms with E-state index in [0.29, 0.717) is 6.54 Å². The molecule has 3 N–H and O–H groups in total. The van der Waals surface area contributed by atoms with Gasteiger partial charge in [-0.2, -0.15) is 0 Å². The molecule has 7 nitrogen and oxygen atoms in total. The third kappa shape index (κ3) is 3.27. The Morgan fingerprint density at radius 2 is 2.33 bits per heavy atom. The van der Waals surface area contributed by atoms with Gasteiger partial charge in [0.25, 0.3) is 0 Å². The molecule has 0 bridgehead atoms. The normalized spacial score (nSPS) is 10.3. The number of carbonyl (C=O) groups is 1. The number of rotatable bonds is 4. The van der Waals surface area contributed by atoms with E-state index in [1.54, 1.807) is 0 Å². The molecule has 0 aromatic carbocycles. The minimum atomic E-state index is -0.164. The number of amides is 1. The van der Waals surface area contributed by atoms with Gasteiger partial charge in [-0.25, -0.2) is 9.67 Å². The van der Waals surface area contributed by atoms with Crippen LogP contribution in [0.1, 0.15) is 11.4 Å². The van der Waals surface area contributed by atoms with Crippen LogP contribution in [0, 0.1) is 6.92 Å². The molecule has 0 saturated heterocycles. The fourth-order valence-electron chi connectivity index (χ4n) is 1.48. The molecule has 2 heterocycles. The zero-order valence-electron chi connectivity index (χ0n) is 10.00. The van der Waals surface area contributed by atoms with Gasteiger partial charge in [0.1, 0.15) is 12.9 Å². The average Bonchev–Trinajstić information content (AvgIpc) is 2.72. The molecular formula is C11H14N6O. The fraction of sp³-hybridized carbons (Fsp3) is 0.273. The number of hydrogen-bond donors (Lipinski definition) is 2. The Labute approximate surface area is 104 Å².